The molecule has 1 aromatic heterocycles. The number of carbonyl (C=O) groups excluding carboxylic acids is 1. The monoisotopic (exact) mass is 413 g/mol. The predicted octanol–water partition coefficient (Wildman–Crippen LogP) is 3.13. The Bertz CT molecular complexity index is 999. The number of nitrogens with zero attached hydrogens (tertiary/aromatic N) is 4. The number of benzene rings is 1. The fourth-order valence-corrected chi connectivity index (χ4v) is 4.82. The molecule has 1 saturated heterocycles. The Hall–Kier alpha value is -2.74. The number of rotatable bonds is 3. The summed E-state index contributed by atoms with van der Waals surface area (Å²) in [5.74, 6) is 0.926. The highest BCUT2D eigenvalue weighted by molar-refractivity contribution is 6.12. The summed E-state index contributed by atoms with van der Waals surface area (Å²) in [5, 5.41) is 9.46. The molecule has 3 N–H and O–H groups in total. The van der Waals surface area contributed by atoms with Crippen LogP contribution in [0.4, 0.5) is 27.4 Å². The van der Waals surface area contributed by atoms with E-state index >= 15 is 4.39 Å². The Labute approximate surface area is 175 Å². The molecule has 2 aliphatic rings. The first-order valence-corrected chi connectivity index (χ1v) is 10.3. The minimum absolute atomic E-state index is 0.120. The Morgan fingerprint density at radius 2 is 1.90 bits per heavy atom. The summed E-state index contributed by atoms with van der Waals surface area (Å²) in [6, 6.07) is 4.84. The molecule has 8 heteroatoms. The number of fused-ring (bicyclic) bond motifs is 1. The maximum atomic E-state index is 15.2. The zero-order valence-corrected chi connectivity index (χ0v) is 17.8. The highest BCUT2D eigenvalue weighted by atomic mass is 19.1. The number of aliphatic hydroxyl groups is 1. The van der Waals surface area contributed by atoms with Crippen LogP contribution >= 0.6 is 0 Å². The summed E-state index contributed by atoms with van der Waals surface area (Å²) in [6.07, 6.45) is 1.14. The van der Waals surface area contributed by atoms with Gasteiger partial charge >= 0.3 is 0 Å². The molecule has 2 aliphatic heterocycles. The van der Waals surface area contributed by atoms with Crippen LogP contribution in [0.15, 0.2) is 18.2 Å². The average molecular weight is 413 g/mol. The van der Waals surface area contributed by atoms with Gasteiger partial charge < -0.3 is 15.7 Å². The van der Waals surface area contributed by atoms with E-state index < -0.39 is 12.0 Å². The molecule has 0 saturated carbocycles. The summed E-state index contributed by atoms with van der Waals surface area (Å²) in [4.78, 5) is 25.1. The van der Waals surface area contributed by atoms with E-state index in [1.165, 1.54) is 11.0 Å². The average Bonchev–Trinajstić information content (AvgIpc) is 2.86. The molecule has 7 nitrogen and oxygen atoms in total. The van der Waals surface area contributed by atoms with Gasteiger partial charge in [0.15, 0.2) is 5.82 Å². The molecule has 0 bridgehead atoms. The summed E-state index contributed by atoms with van der Waals surface area (Å²) in [5.41, 5.74) is 6.54. The summed E-state index contributed by atoms with van der Waals surface area (Å²) >= 11 is 0. The number of aliphatic hydroxyl groups excluding tert-OH is 1. The molecule has 160 valence electrons. The van der Waals surface area contributed by atoms with Crippen LogP contribution in [-0.4, -0.2) is 34.1 Å². The number of amides is 1. The quantitative estimate of drug-likeness (QED) is 0.803. The number of halogens is 1. The third-order valence-electron chi connectivity index (χ3n) is 6.08. The number of piperidine rings is 1. The van der Waals surface area contributed by atoms with Crippen LogP contribution in [-0.2, 0) is 16.8 Å². The van der Waals surface area contributed by atoms with Crippen molar-refractivity contribution in [1.82, 2.24) is 9.97 Å². The van der Waals surface area contributed by atoms with E-state index in [1.807, 2.05) is 0 Å². The van der Waals surface area contributed by atoms with Crippen LogP contribution in [0.5, 0.6) is 0 Å². The third kappa shape index (κ3) is 3.19. The molecule has 0 radical (unpaired) electrons. The Balaban J connectivity index is 1.76. The summed E-state index contributed by atoms with van der Waals surface area (Å²) in [7, 11) is 0. The van der Waals surface area contributed by atoms with Crippen LogP contribution in [0.25, 0.3) is 0 Å². The molecule has 0 unspecified atom stereocenters. The molecule has 2 aromatic rings. The lowest BCUT2D eigenvalue weighted by Gasteiger charge is -2.37. The van der Waals surface area contributed by atoms with Crippen molar-refractivity contribution >= 4 is 28.9 Å². The summed E-state index contributed by atoms with van der Waals surface area (Å²) < 4.78 is 15.2. The van der Waals surface area contributed by atoms with Gasteiger partial charge in [-0.25, -0.2) is 14.4 Å². The molecule has 3 heterocycles. The molecule has 30 heavy (non-hydrogen) atoms. The predicted molar refractivity (Wildman–Crippen MR) is 114 cm³/mol. The number of nitrogens with two attached hydrogens (primary N) is 1. The van der Waals surface area contributed by atoms with Crippen molar-refractivity contribution in [2.24, 2.45) is 11.8 Å². The van der Waals surface area contributed by atoms with Crippen molar-refractivity contribution in [3.8, 4) is 0 Å². The zero-order chi connectivity index (χ0) is 21.8. The number of hydrogen-bond acceptors (Lipinski definition) is 6. The smallest absolute Gasteiger partial charge is 0.243 e. The second-order valence-electron chi connectivity index (χ2n) is 9.13. The molecule has 0 aliphatic carbocycles. The fraction of sp³-hybridized carbons (Fsp3) is 0.500. The first-order valence-electron chi connectivity index (χ1n) is 10.3. The zero-order valence-electron chi connectivity index (χ0n) is 17.8. The first kappa shape index (κ1) is 20.5. The van der Waals surface area contributed by atoms with Crippen molar-refractivity contribution in [1.29, 1.82) is 0 Å². The molecule has 1 aromatic carbocycles. The second-order valence-corrected chi connectivity index (χ2v) is 9.13. The van der Waals surface area contributed by atoms with E-state index in [9.17, 15) is 9.90 Å². The third-order valence-corrected chi connectivity index (χ3v) is 6.08. The molecule has 4 rings (SSSR count). The van der Waals surface area contributed by atoms with Gasteiger partial charge in [0.2, 0.25) is 5.91 Å². The number of nitrogen functional groups attached to an aromatic ring is 1. The van der Waals surface area contributed by atoms with Crippen molar-refractivity contribution < 1.29 is 14.3 Å². The first-order chi connectivity index (χ1) is 14.1. The van der Waals surface area contributed by atoms with Gasteiger partial charge in [0, 0.05) is 19.2 Å². The number of aromatic nitrogens is 2. The second kappa shape index (κ2) is 7.19. The SMILES string of the molecule is C[C@@H]1C[C@H](C)CN(c2ccc(N3C(=O)C(C)(C)c4c(N)nc(CO)nc43)cc2F)C1. The Morgan fingerprint density at radius 1 is 1.23 bits per heavy atom. The maximum absolute atomic E-state index is 15.2. The van der Waals surface area contributed by atoms with Gasteiger partial charge in [0.1, 0.15) is 24.1 Å². The van der Waals surface area contributed by atoms with Crippen LogP contribution in [0.1, 0.15) is 45.5 Å². The topological polar surface area (TPSA) is 95.6 Å². The van der Waals surface area contributed by atoms with Crippen molar-refractivity contribution in [2.45, 2.75) is 46.1 Å². The van der Waals surface area contributed by atoms with Crippen molar-refractivity contribution in [3.63, 3.8) is 0 Å². The van der Waals surface area contributed by atoms with Crippen LogP contribution < -0.4 is 15.5 Å². The Morgan fingerprint density at radius 3 is 2.50 bits per heavy atom. The van der Waals surface area contributed by atoms with Crippen molar-refractivity contribution in [2.75, 3.05) is 28.6 Å². The fourth-order valence-electron chi connectivity index (χ4n) is 4.82. The van der Waals surface area contributed by atoms with Crippen LogP contribution in [0.2, 0.25) is 0 Å². The number of anilines is 4. The highest BCUT2D eigenvalue weighted by Crippen LogP contribution is 2.47. The van der Waals surface area contributed by atoms with Gasteiger partial charge in [0.25, 0.3) is 0 Å². The molecule has 0 spiro atoms. The number of carbonyl (C=O) groups is 1. The maximum Gasteiger partial charge on any atom is 0.243 e. The largest absolute Gasteiger partial charge is 0.388 e. The van der Waals surface area contributed by atoms with Crippen LogP contribution in [0.3, 0.4) is 0 Å². The van der Waals surface area contributed by atoms with Gasteiger partial charge in [-0.1, -0.05) is 13.8 Å². The van der Waals surface area contributed by atoms with Gasteiger partial charge in [-0.2, -0.15) is 0 Å². The van der Waals surface area contributed by atoms with E-state index in [1.54, 1.807) is 26.0 Å². The Kier molecular flexibility index (Phi) is 4.92. The highest BCUT2D eigenvalue weighted by Gasteiger charge is 2.48. The lowest BCUT2D eigenvalue weighted by molar-refractivity contribution is -0.121. The summed E-state index contributed by atoms with van der Waals surface area (Å²) in [6.45, 7) is 9.06. The van der Waals surface area contributed by atoms with Gasteiger partial charge in [-0.15, -0.1) is 0 Å². The van der Waals surface area contributed by atoms with E-state index in [2.05, 4.69) is 28.7 Å². The minimum atomic E-state index is -0.958. The van der Waals surface area contributed by atoms with Gasteiger partial charge in [0.05, 0.1) is 22.4 Å². The minimum Gasteiger partial charge on any atom is -0.388 e. The lowest BCUT2D eigenvalue weighted by Crippen LogP contribution is -2.39. The van der Waals surface area contributed by atoms with E-state index in [0.717, 1.165) is 19.5 Å². The lowest BCUT2D eigenvalue weighted by atomic mass is 9.87. The van der Waals surface area contributed by atoms with Gasteiger partial charge in [-0.05, 0) is 44.2 Å². The van der Waals surface area contributed by atoms with E-state index in [-0.39, 0.29) is 23.4 Å². The number of hydrogen-bond donors (Lipinski definition) is 2. The molecule has 2 atom stereocenters. The van der Waals surface area contributed by atoms with E-state index in [0.29, 0.717) is 34.6 Å². The molecule has 1 fully saturated rings. The van der Waals surface area contributed by atoms with E-state index in [4.69, 9.17) is 5.73 Å². The molecule has 1 amide bonds. The van der Waals surface area contributed by atoms with Crippen LogP contribution in [0, 0.1) is 17.7 Å². The van der Waals surface area contributed by atoms with Gasteiger partial charge in [-0.3, -0.25) is 9.69 Å². The van der Waals surface area contributed by atoms with Crippen molar-refractivity contribution in [3.05, 3.63) is 35.4 Å². The molecular weight excluding hydrogens is 385 g/mol. The molecular formula is C22H28FN5O2. The standard InChI is InChI=1S/C22H28FN5O2/c1-12-7-13(2)10-27(9-12)16-6-5-14(8-15(16)23)28-20-18(22(3,4)21(28)30)19(24)25-17(11-29)26-20/h5-6,8,12-13,29H,7,9-11H2,1-4H3,(H2,24,25,26)/t12-,13+. The normalized spacial score (nSPS) is 23.1.